The van der Waals surface area contributed by atoms with Crippen molar-refractivity contribution in [1.29, 1.82) is 0 Å². The second-order valence-corrected chi connectivity index (χ2v) is 6.64. The number of carbonyl (C=O) groups excluding carboxylic acids is 1. The van der Waals surface area contributed by atoms with Crippen molar-refractivity contribution in [3.05, 3.63) is 71.6 Å². The van der Waals surface area contributed by atoms with Gasteiger partial charge in [-0.15, -0.1) is 0 Å². The Morgan fingerprint density at radius 2 is 2.07 bits per heavy atom. The van der Waals surface area contributed by atoms with Gasteiger partial charge in [-0.2, -0.15) is 18.3 Å². The molecule has 0 aliphatic carbocycles. The Morgan fingerprint density at radius 3 is 2.76 bits per heavy atom. The van der Waals surface area contributed by atoms with Crippen LogP contribution < -0.4 is 10.6 Å². The largest absolute Gasteiger partial charge is 0.467 e. The summed E-state index contributed by atoms with van der Waals surface area (Å²) in [5.41, 5.74) is 0.0622. The van der Waals surface area contributed by atoms with E-state index in [4.69, 9.17) is 4.42 Å². The van der Waals surface area contributed by atoms with Gasteiger partial charge in [-0.3, -0.25) is 4.79 Å². The molecule has 1 amide bonds. The Kier molecular flexibility index (Phi) is 4.77. The van der Waals surface area contributed by atoms with Crippen LogP contribution in [0.25, 0.3) is 0 Å². The number of amides is 1. The zero-order valence-corrected chi connectivity index (χ0v) is 14.9. The van der Waals surface area contributed by atoms with Crippen LogP contribution in [0.3, 0.4) is 0 Å². The molecule has 0 unspecified atom stereocenters. The minimum atomic E-state index is -4.56. The fraction of sp³-hybridized carbons (Fsp3) is 0.263. The maximum absolute atomic E-state index is 13.7. The van der Waals surface area contributed by atoms with Crippen LogP contribution in [0.4, 0.5) is 23.4 Å². The van der Waals surface area contributed by atoms with Gasteiger partial charge in [-0.25, -0.2) is 9.07 Å². The van der Waals surface area contributed by atoms with Crippen molar-refractivity contribution in [3.8, 4) is 0 Å². The molecule has 0 saturated heterocycles. The zero-order chi connectivity index (χ0) is 20.6. The van der Waals surface area contributed by atoms with Crippen molar-refractivity contribution in [1.82, 2.24) is 15.1 Å². The molecule has 0 spiro atoms. The van der Waals surface area contributed by atoms with Gasteiger partial charge < -0.3 is 15.1 Å². The number of hydrogen-bond acceptors (Lipinski definition) is 4. The monoisotopic (exact) mass is 408 g/mol. The fourth-order valence-electron chi connectivity index (χ4n) is 3.27. The van der Waals surface area contributed by atoms with Crippen molar-refractivity contribution in [3.63, 3.8) is 0 Å². The molecule has 0 fully saturated rings. The number of fused-ring (bicyclic) bond motifs is 1. The molecule has 1 aromatic carbocycles. The van der Waals surface area contributed by atoms with E-state index in [2.05, 4.69) is 15.7 Å². The fourth-order valence-corrected chi connectivity index (χ4v) is 3.27. The van der Waals surface area contributed by atoms with Gasteiger partial charge >= 0.3 is 6.18 Å². The minimum Gasteiger partial charge on any atom is -0.467 e. The summed E-state index contributed by atoms with van der Waals surface area (Å²) >= 11 is 0. The van der Waals surface area contributed by atoms with Gasteiger partial charge in [0.25, 0.3) is 5.91 Å². The maximum Gasteiger partial charge on any atom is 0.410 e. The summed E-state index contributed by atoms with van der Waals surface area (Å²) in [6.07, 6.45) is -3.51. The number of alkyl halides is 3. The summed E-state index contributed by atoms with van der Waals surface area (Å²) in [7, 11) is 0. The third kappa shape index (κ3) is 3.82. The lowest BCUT2D eigenvalue weighted by Gasteiger charge is -2.32. The third-order valence-corrected chi connectivity index (χ3v) is 4.71. The Hall–Kier alpha value is -3.30. The van der Waals surface area contributed by atoms with E-state index in [0.29, 0.717) is 5.76 Å². The molecule has 2 aromatic heterocycles. The summed E-state index contributed by atoms with van der Waals surface area (Å²) in [5, 5.41) is 9.25. The van der Waals surface area contributed by atoms with Gasteiger partial charge in [0, 0.05) is 24.6 Å². The first-order chi connectivity index (χ1) is 13.8. The van der Waals surface area contributed by atoms with Crippen molar-refractivity contribution in [2.75, 3.05) is 5.32 Å². The molecule has 3 heterocycles. The van der Waals surface area contributed by atoms with Gasteiger partial charge in [-0.05, 0) is 18.2 Å². The molecule has 1 aliphatic heterocycles. The number of anilines is 1. The first kappa shape index (κ1) is 19.0. The second kappa shape index (κ2) is 7.26. The zero-order valence-electron chi connectivity index (χ0n) is 14.9. The molecule has 1 aliphatic rings. The molecular formula is C19H16F4N4O2. The van der Waals surface area contributed by atoms with E-state index in [0.717, 1.165) is 4.68 Å². The summed E-state index contributed by atoms with van der Waals surface area (Å²) in [6.45, 7) is -0.112. The highest BCUT2D eigenvalue weighted by atomic mass is 19.4. The Bertz CT molecular complexity index is 1010. The Balaban J connectivity index is 1.57. The third-order valence-electron chi connectivity index (χ3n) is 4.71. The molecule has 6 nitrogen and oxygen atoms in total. The smallest absolute Gasteiger partial charge is 0.410 e. The minimum absolute atomic E-state index is 0.0519. The number of halogens is 4. The maximum atomic E-state index is 13.7. The molecule has 10 heteroatoms. The normalized spacial score (nSPS) is 18.8. The topological polar surface area (TPSA) is 72.1 Å². The average molecular weight is 408 g/mol. The summed E-state index contributed by atoms with van der Waals surface area (Å²) < 4.78 is 60.5. The lowest BCUT2D eigenvalue weighted by atomic mass is 10.0. The van der Waals surface area contributed by atoms with Gasteiger partial charge in [0.1, 0.15) is 17.4 Å². The highest BCUT2D eigenvalue weighted by Gasteiger charge is 2.47. The molecule has 0 bridgehead atoms. The number of furan rings is 1. The molecule has 0 saturated carbocycles. The van der Waals surface area contributed by atoms with Gasteiger partial charge in [0.05, 0.1) is 12.3 Å². The SMILES string of the molecule is O=C(NCc1ccccc1F)c1cc2n(n1)[C@H](C(F)(F)F)C[C@@H](c1ccco1)N2. The van der Waals surface area contributed by atoms with Gasteiger partial charge in [0.2, 0.25) is 0 Å². The highest BCUT2D eigenvalue weighted by molar-refractivity contribution is 5.93. The molecule has 3 aromatic rings. The van der Waals surface area contributed by atoms with Gasteiger partial charge in [0.15, 0.2) is 11.7 Å². The van der Waals surface area contributed by atoms with E-state index in [1.165, 1.54) is 30.5 Å². The molecular weight excluding hydrogens is 392 g/mol. The summed E-state index contributed by atoms with van der Waals surface area (Å²) in [6, 6.07) is 7.68. The molecule has 4 rings (SSSR count). The lowest BCUT2D eigenvalue weighted by Crippen LogP contribution is -2.35. The standard InChI is InChI=1S/C19H16F4N4O2/c20-12-5-2-1-4-11(12)10-24-18(28)14-9-17-25-13(15-6-3-7-29-15)8-16(19(21,22)23)27(17)26-14/h1-7,9,13,16,25H,8,10H2,(H,24,28)/t13-,16-/m0/s1. The molecule has 0 radical (unpaired) electrons. The first-order valence-corrected chi connectivity index (χ1v) is 8.80. The van der Waals surface area contributed by atoms with Crippen LogP contribution in [0, 0.1) is 5.82 Å². The van der Waals surface area contributed by atoms with Crippen molar-refractivity contribution >= 4 is 11.7 Å². The highest BCUT2D eigenvalue weighted by Crippen LogP contribution is 2.43. The second-order valence-electron chi connectivity index (χ2n) is 6.64. The molecule has 29 heavy (non-hydrogen) atoms. The number of hydrogen-bond donors (Lipinski definition) is 2. The van der Waals surface area contributed by atoms with Crippen LogP contribution >= 0.6 is 0 Å². The Labute approximate surface area is 162 Å². The van der Waals surface area contributed by atoms with Crippen LogP contribution in [0.1, 0.15) is 40.3 Å². The van der Waals surface area contributed by atoms with E-state index >= 15 is 0 Å². The van der Waals surface area contributed by atoms with E-state index in [1.54, 1.807) is 18.2 Å². The van der Waals surface area contributed by atoms with E-state index in [9.17, 15) is 22.4 Å². The number of nitrogens with one attached hydrogen (secondary N) is 2. The quantitative estimate of drug-likeness (QED) is 0.635. The van der Waals surface area contributed by atoms with E-state index in [-0.39, 0.29) is 30.0 Å². The average Bonchev–Trinajstić information content (AvgIpc) is 3.35. The van der Waals surface area contributed by atoms with Gasteiger partial charge in [-0.1, -0.05) is 18.2 Å². The van der Waals surface area contributed by atoms with E-state index < -0.39 is 30.0 Å². The van der Waals surface area contributed by atoms with Crippen molar-refractivity contribution in [2.24, 2.45) is 0 Å². The van der Waals surface area contributed by atoms with Crippen LogP contribution in [0.15, 0.2) is 53.1 Å². The number of rotatable bonds is 4. The molecule has 2 atom stereocenters. The predicted molar refractivity (Wildman–Crippen MR) is 94.6 cm³/mol. The molecule has 2 N–H and O–H groups in total. The number of carbonyl (C=O) groups is 1. The van der Waals surface area contributed by atoms with Crippen LogP contribution in [0.5, 0.6) is 0 Å². The van der Waals surface area contributed by atoms with Crippen LogP contribution in [0.2, 0.25) is 0 Å². The first-order valence-electron chi connectivity index (χ1n) is 8.80. The van der Waals surface area contributed by atoms with Crippen LogP contribution in [-0.4, -0.2) is 21.9 Å². The van der Waals surface area contributed by atoms with E-state index in [1.807, 2.05) is 0 Å². The van der Waals surface area contributed by atoms with Crippen molar-refractivity contribution < 1.29 is 26.8 Å². The number of aromatic nitrogens is 2. The number of nitrogens with zero attached hydrogens (tertiary/aromatic N) is 2. The lowest BCUT2D eigenvalue weighted by molar-refractivity contribution is -0.174. The van der Waals surface area contributed by atoms with Crippen LogP contribution in [-0.2, 0) is 6.54 Å². The van der Waals surface area contributed by atoms with Crippen molar-refractivity contribution in [2.45, 2.75) is 31.2 Å². The molecule has 152 valence electrons. The summed E-state index contributed by atoms with van der Waals surface area (Å²) in [4.78, 5) is 12.4. The number of benzene rings is 1. The Morgan fingerprint density at radius 1 is 1.28 bits per heavy atom. The predicted octanol–water partition coefficient (Wildman–Crippen LogP) is 4.21. The summed E-state index contributed by atoms with van der Waals surface area (Å²) in [5.74, 6) is -0.780.